The summed E-state index contributed by atoms with van der Waals surface area (Å²) in [6.45, 7) is 13.2. The predicted molar refractivity (Wildman–Crippen MR) is 185 cm³/mol. The minimum absolute atomic E-state index is 0.0261. The number of amides is 1. The highest BCUT2D eigenvalue weighted by Crippen LogP contribution is 2.45. The Morgan fingerprint density at radius 3 is 2.28 bits per heavy atom. The molecule has 1 amide bonds. The lowest BCUT2D eigenvalue weighted by Crippen LogP contribution is -2.29. The smallest absolute Gasteiger partial charge is 0.305 e. The molecule has 2 unspecified atom stereocenters. The maximum Gasteiger partial charge on any atom is 0.305 e. The summed E-state index contributed by atoms with van der Waals surface area (Å²) in [5, 5.41) is 33.8. The third-order valence-corrected chi connectivity index (χ3v) is 9.13. The van der Waals surface area contributed by atoms with E-state index in [1.807, 2.05) is 71.9 Å². The van der Waals surface area contributed by atoms with Crippen molar-refractivity contribution >= 4 is 17.6 Å². The van der Waals surface area contributed by atoms with E-state index in [1.54, 1.807) is 17.6 Å². The largest absolute Gasteiger partial charge is 0.481 e. The Bertz CT molecular complexity index is 1950. The number of carboxylic acids is 1. The summed E-state index contributed by atoms with van der Waals surface area (Å²) >= 11 is 0. The second kappa shape index (κ2) is 15.1. The molecular weight excluding hydrogens is 595 g/mol. The summed E-state index contributed by atoms with van der Waals surface area (Å²) in [5.41, 5.74) is 5.89. The fourth-order valence-corrected chi connectivity index (χ4v) is 5.94. The Labute approximate surface area is 282 Å². The molecule has 7 nitrogen and oxygen atoms in total. The zero-order chi connectivity index (χ0) is 38.1. The number of aromatic nitrogens is 1. The van der Waals surface area contributed by atoms with Gasteiger partial charge in [0, 0.05) is 35.8 Å². The minimum atomic E-state index is -1.32. The Morgan fingerprint density at radius 1 is 0.979 bits per heavy atom. The molecule has 0 aliphatic carbocycles. The molecule has 1 heterocycles. The highest BCUT2D eigenvalue weighted by atomic mass is 19.1. The number of aryl methyl sites for hydroxylation is 3. The first kappa shape index (κ1) is 30.1. The lowest BCUT2D eigenvalue weighted by molar-refractivity contribution is -0.139. The normalized spacial score (nSPS) is 15.2. The molecule has 0 aliphatic heterocycles. The van der Waals surface area contributed by atoms with Gasteiger partial charge >= 0.3 is 5.97 Å². The lowest BCUT2D eigenvalue weighted by Gasteiger charge is -2.26. The molecule has 47 heavy (non-hydrogen) atoms. The van der Waals surface area contributed by atoms with E-state index < -0.39 is 66.4 Å². The van der Waals surface area contributed by atoms with Crippen molar-refractivity contribution in [1.29, 1.82) is 0 Å². The van der Waals surface area contributed by atoms with Gasteiger partial charge in [-0.15, -0.1) is 0 Å². The van der Waals surface area contributed by atoms with Crippen molar-refractivity contribution in [3.05, 3.63) is 99.9 Å². The van der Waals surface area contributed by atoms with Crippen LogP contribution in [-0.4, -0.2) is 44.0 Å². The van der Waals surface area contributed by atoms with E-state index in [0.29, 0.717) is 28.9 Å². The van der Waals surface area contributed by atoms with Crippen LogP contribution in [-0.2, 0) is 11.3 Å². The number of halogens is 1. The summed E-state index contributed by atoms with van der Waals surface area (Å²) in [6.07, 6.45) is -2.78. The van der Waals surface area contributed by atoms with Crippen LogP contribution in [0.4, 0.5) is 10.1 Å². The maximum atomic E-state index is 15.0. The van der Waals surface area contributed by atoms with Crippen LogP contribution in [0.5, 0.6) is 0 Å². The van der Waals surface area contributed by atoms with Crippen LogP contribution in [0.15, 0.2) is 60.6 Å². The first-order valence-electron chi connectivity index (χ1n) is 18.0. The van der Waals surface area contributed by atoms with Crippen molar-refractivity contribution in [3.63, 3.8) is 0 Å². The van der Waals surface area contributed by atoms with Gasteiger partial charge in [-0.1, -0.05) is 45.0 Å². The molecule has 0 saturated heterocycles. The second-order valence-corrected chi connectivity index (χ2v) is 12.6. The van der Waals surface area contributed by atoms with Gasteiger partial charge in [-0.05, 0) is 110 Å². The van der Waals surface area contributed by atoms with Gasteiger partial charge in [0.2, 0.25) is 0 Å². The summed E-state index contributed by atoms with van der Waals surface area (Å²) in [6, 6.07) is 8.13. The molecule has 0 aliphatic rings. The molecular formula is C39H47FN2O5. The number of aliphatic hydroxyl groups excluding tert-OH is 2. The van der Waals surface area contributed by atoms with Crippen molar-refractivity contribution in [2.45, 2.75) is 92.4 Å². The summed E-state index contributed by atoms with van der Waals surface area (Å²) in [4.78, 5) is 26.0. The maximum absolute atomic E-state index is 15.0. The van der Waals surface area contributed by atoms with Crippen molar-refractivity contribution in [3.8, 4) is 22.4 Å². The third-order valence-electron chi connectivity index (χ3n) is 9.13. The Balaban J connectivity index is 2.17. The van der Waals surface area contributed by atoms with Crippen LogP contribution in [0.1, 0.15) is 89.7 Å². The number of nitrogens with zero attached hydrogens (tertiary/aromatic N) is 1. The van der Waals surface area contributed by atoms with Crippen LogP contribution in [0.3, 0.4) is 0 Å². The predicted octanol–water partition coefficient (Wildman–Crippen LogP) is 8.18. The zero-order valence-corrected chi connectivity index (χ0v) is 28.1. The number of hydrogen-bond donors (Lipinski definition) is 4. The van der Waals surface area contributed by atoms with E-state index in [2.05, 4.69) is 5.32 Å². The molecule has 250 valence electrons. The minimum Gasteiger partial charge on any atom is -0.481 e. The van der Waals surface area contributed by atoms with Gasteiger partial charge < -0.3 is 25.2 Å². The number of anilines is 1. The highest BCUT2D eigenvalue weighted by Gasteiger charge is 2.33. The molecule has 4 aromatic rings. The summed E-state index contributed by atoms with van der Waals surface area (Å²) in [5.74, 6) is -3.98. The molecule has 0 fully saturated rings. The molecule has 4 rings (SSSR count). The number of hydrogen-bond acceptors (Lipinski definition) is 4. The number of nitrogens with one attached hydrogen (secondary N) is 1. The monoisotopic (exact) mass is 646 g/mol. The standard InChI is InChI=1S/C39H47FN2O5/c1-8-22(2)37-36(39(47)41-30-17-12-23(3)25(5)18-30)35(32-11-9-10-24(4)27(32)7)38(28-13-15-29(40)16-14-28)42(37)21-26(6)33(44)19-31(43)20-34(45)46/h9-18,22,26,31,33,43-44H,8,19-21H2,1-7H3,(H,41,47)(H,45,46)/t22?,26?,31-,33+/m1/s1/i13D,14D,15D,16D. The number of carbonyl (C=O) groups is 2. The van der Waals surface area contributed by atoms with Gasteiger partial charge in [-0.2, -0.15) is 0 Å². The number of benzene rings is 3. The summed E-state index contributed by atoms with van der Waals surface area (Å²) < 4.78 is 51.5. The van der Waals surface area contributed by atoms with E-state index in [1.165, 1.54) is 0 Å². The first-order chi connectivity index (χ1) is 23.9. The molecule has 0 spiro atoms. The second-order valence-electron chi connectivity index (χ2n) is 12.6. The van der Waals surface area contributed by atoms with Crippen LogP contribution in [0, 0.1) is 39.4 Å². The number of rotatable bonds is 13. The molecule has 0 radical (unpaired) electrons. The van der Waals surface area contributed by atoms with Crippen LogP contribution >= 0.6 is 0 Å². The number of carbonyl (C=O) groups excluding carboxylic acids is 1. The molecule has 0 bridgehead atoms. The van der Waals surface area contributed by atoms with Gasteiger partial charge in [0.05, 0.1) is 35.4 Å². The van der Waals surface area contributed by atoms with Crippen LogP contribution in [0.25, 0.3) is 22.4 Å². The highest BCUT2D eigenvalue weighted by molar-refractivity contribution is 6.13. The quantitative estimate of drug-likeness (QED) is 0.117. The average Bonchev–Trinajstić information content (AvgIpc) is 3.38. The van der Waals surface area contributed by atoms with Crippen molar-refractivity contribution in [1.82, 2.24) is 4.57 Å². The number of aliphatic carboxylic acids is 1. The van der Waals surface area contributed by atoms with Gasteiger partial charge in [-0.3, -0.25) is 9.59 Å². The Hall–Kier alpha value is -4.27. The van der Waals surface area contributed by atoms with Gasteiger partial charge in [0.1, 0.15) is 5.82 Å². The topological polar surface area (TPSA) is 112 Å². The SMILES string of the molecule is [2H]c1c([2H])c(-c2c(-c3cccc(C)c3C)c(C(=O)Nc3ccc(C)c(C)c3)c(C(C)CC)n2CC(C)[C@@H](O)C[C@@H](O)CC(=O)O)c([2H])c([2H])c1F. The fourth-order valence-electron chi connectivity index (χ4n) is 5.94. The lowest BCUT2D eigenvalue weighted by atomic mass is 9.89. The fraction of sp³-hybridized carbons (Fsp3) is 0.385. The van der Waals surface area contributed by atoms with Crippen LogP contribution in [0.2, 0.25) is 0 Å². The van der Waals surface area contributed by atoms with E-state index >= 15 is 4.39 Å². The van der Waals surface area contributed by atoms with E-state index in [-0.39, 0.29) is 35.7 Å². The van der Waals surface area contributed by atoms with E-state index in [9.17, 15) is 19.8 Å². The van der Waals surface area contributed by atoms with Crippen molar-refractivity contribution in [2.24, 2.45) is 5.92 Å². The van der Waals surface area contributed by atoms with E-state index in [0.717, 1.165) is 22.3 Å². The van der Waals surface area contributed by atoms with Gasteiger partial charge in [0.15, 0.2) is 0 Å². The van der Waals surface area contributed by atoms with E-state index in [4.69, 9.17) is 10.6 Å². The summed E-state index contributed by atoms with van der Waals surface area (Å²) in [7, 11) is 0. The Morgan fingerprint density at radius 2 is 1.66 bits per heavy atom. The van der Waals surface area contributed by atoms with Gasteiger partial charge in [0.25, 0.3) is 5.91 Å². The number of carboxylic acid groups (broad SMARTS) is 1. The molecule has 1 aromatic heterocycles. The zero-order valence-electron chi connectivity index (χ0n) is 32.1. The molecule has 4 N–H and O–H groups in total. The molecule has 3 aromatic carbocycles. The molecule has 4 atom stereocenters. The van der Waals surface area contributed by atoms with Crippen molar-refractivity contribution < 1.29 is 34.8 Å². The first-order valence-corrected chi connectivity index (χ1v) is 16.0. The van der Waals surface area contributed by atoms with Crippen molar-refractivity contribution in [2.75, 3.05) is 5.32 Å². The molecule has 0 saturated carbocycles. The third kappa shape index (κ3) is 8.00. The van der Waals surface area contributed by atoms with Gasteiger partial charge in [-0.25, -0.2) is 4.39 Å². The molecule has 8 heteroatoms. The number of aliphatic hydroxyl groups is 2. The Kier molecular flexibility index (Phi) is 9.66. The van der Waals surface area contributed by atoms with Crippen LogP contribution < -0.4 is 5.32 Å². The average molecular weight is 647 g/mol.